The lowest BCUT2D eigenvalue weighted by Crippen LogP contribution is -2.00. The molecule has 2 rings (SSSR count). The Morgan fingerprint density at radius 3 is 3.33 bits per heavy atom. The third-order valence-electron chi connectivity index (χ3n) is 2.19. The molecule has 0 aromatic rings. The summed E-state index contributed by atoms with van der Waals surface area (Å²) in [7, 11) is 0. The summed E-state index contributed by atoms with van der Waals surface area (Å²) in [6, 6.07) is 0. The molecule has 12 heavy (non-hydrogen) atoms. The quantitative estimate of drug-likeness (QED) is 0.479. The van der Waals surface area contributed by atoms with Crippen molar-refractivity contribution in [1.29, 1.82) is 0 Å². The van der Waals surface area contributed by atoms with Gasteiger partial charge in [-0.25, -0.2) is 0 Å². The molecule has 1 aliphatic carbocycles. The van der Waals surface area contributed by atoms with Crippen molar-refractivity contribution < 1.29 is 0 Å². The van der Waals surface area contributed by atoms with Crippen molar-refractivity contribution in [3.8, 4) is 0 Å². The molecule has 0 spiro atoms. The zero-order valence-electron chi connectivity index (χ0n) is 7.17. The second kappa shape index (κ2) is 2.96. The van der Waals surface area contributed by atoms with E-state index in [-0.39, 0.29) is 0 Å². The molecule has 0 radical (unpaired) electrons. The summed E-state index contributed by atoms with van der Waals surface area (Å²) in [4.78, 5) is 4.25. The fraction of sp³-hybridized carbons (Fsp3) is 0.273. The molecule has 0 unspecified atom stereocenters. The minimum atomic E-state index is 1.10. The number of hydrogen-bond acceptors (Lipinski definition) is 1. The van der Waals surface area contributed by atoms with Crippen molar-refractivity contribution in [2.24, 2.45) is 4.99 Å². The Morgan fingerprint density at radius 2 is 2.42 bits per heavy atom. The second-order valence-electron chi connectivity index (χ2n) is 3.03. The van der Waals surface area contributed by atoms with Gasteiger partial charge in [0.05, 0.1) is 6.20 Å². The fourth-order valence-electron chi connectivity index (χ4n) is 1.53. The van der Waals surface area contributed by atoms with Gasteiger partial charge >= 0.3 is 0 Å². The first-order valence-corrected chi connectivity index (χ1v) is 4.23. The van der Waals surface area contributed by atoms with Crippen molar-refractivity contribution in [1.82, 2.24) is 0 Å². The van der Waals surface area contributed by atoms with Crippen LogP contribution in [0.5, 0.6) is 0 Å². The van der Waals surface area contributed by atoms with Crippen molar-refractivity contribution in [3.05, 3.63) is 41.3 Å². The largest absolute Gasteiger partial charge is 0.253 e. The lowest BCUT2D eigenvalue weighted by Gasteiger charge is -2.10. The van der Waals surface area contributed by atoms with Crippen LogP contribution in [-0.4, -0.2) is 5.71 Å². The second-order valence-corrected chi connectivity index (χ2v) is 3.03. The van der Waals surface area contributed by atoms with Gasteiger partial charge in [-0.1, -0.05) is 12.2 Å². The standard InChI is InChI=1S/C11H11N/c1-9-11-7-3-2-5-10(11)6-4-8-12-9/h3,6-8H,2,5H2,1H3. The normalized spacial score (nSPS) is 20.6. The third-order valence-corrected chi connectivity index (χ3v) is 2.19. The molecule has 0 amide bonds. The first kappa shape index (κ1) is 7.33. The lowest BCUT2D eigenvalue weighted by atomic mass is 9.95. The molecule has 0 bridgehead atoms. The van der Waals surface area contributed by atoms with E-state index in [4.69, 9.17) is 0 Å². The molecule has 1 heteroatoms. The molecule has 1 heterocycles. The van der Waals surface area contributed by atoms with Gasteiger partial charge in [0.2, 0.25) is 0 Å². The molecule has 0 saturated heterocycles. The van der Waals surface area contributed by atoms with E-state index in [2.05, 4.69) is 22.9 Å². The molecule has 60 valence electrons. The van der Waals surface area contributed by atoms with Crippen LogP contribution < -0.4 is 0 Å². The third kappa shape index (κ3) is 1.19. The molecule has 0 aromatic heterocycles. The molecule has 1 aliphatic heterocycles. The maximum absolute atomic E-state index is 4.25. The average Bonchev–Trinajstić information content (AvgIpc) is 2.29. The predicted octanol–water partition coefficient (Wildman–Crippen LogP) is 2.78. The minimum absolute atomic E-state index is 1.10. The van der Waals surface area contributed by atoms with E-state index in [1.807, 2.05) is 13.0 Å². The Morgan fingerprint density at radius 1 is 1.50 bits per heavy atom. The maximum Gasteiger partial charge on any atom is 0.0690 e. The van der Waals surface area contributed by atoms with Crippen LogP contribution in [0.1, 0.15) is 19.8 Å². The number of allylic oxidation sites excluding steroid dienone is 5. The molecule has 0 N–H and O–H groups in total. The van der Waals surface area contributed by atoms with Crippen LogP contribution in [0.15, 0.2) is 46.3 Å². The highest BCUT2D eigenvalue weighted by Crippen LogP contribution is 2.22. The van der Waals surface area contributed by atoms with Gasteiger partial charge in [0.25, 0.3) is 0 Å². The Labute approximate surface area is 72.5 Å². The van der Waals surface area contributed by atoms with E-state index in [9.17, 15) is 0 Å². The van der Waals surface area contributed by atoms with Crippen LogP contribution in [0.25, 0.3) is 0 Å². The summed E-state index contributed by atoms with van der Waals surface area (Å²) >= 11 is 0. The van der Waals surface area contributed by atoms with E-state index in [0.717, 1.165) is 18.6 Å². The number of nitrogens with zero attached hydrogens (tertiary/aromatic N) is 1. The number of hydrogen-bond donors (Lipinski definition) is 0. The van der Waals surface area contributed by atoms with Crippen molar-refractivity contribution >= 4 is 5.71 Å². The molecular weight excluding hydrogens is 146 g/mol. The Bertz CT molecular complexity index is 347. The van der Waals surface area contributed by atoms with E-state index in [0.29, 0.717) is 0 Å². The van der Waals surface area contributed by atoms with Crippen LogP contribution in [-0.2, 0) is 0 Å². The molecule has 0 atom stereocenters. The Hall–Kier alpha value is -1.33. The average molecular weight is 157 g/mol. The highest BCUT2D eigenvalue weighted by molar-refractivity contribution is 6.02. The summed E-state index contributed by atoms with van der Waals surface area (Å²) in [5.74, 6) is 0. The topological polar surface area (TPSA) is 12.4 Å². The van der Waals surface area contributed by atoms with Crippen LogP contribution in [0, 0.1) is 0 Å². The summed E-state index contributed by atoms with van der Waals surface area (Å²) in [6.07, 6.45) is 10.4. The Kier molecular flexibility index (Phi) is 1.81. The van der Waals surface area contributed by atoms with Gasteiger partial charge in [0.1, 0.15) is 0 Å². The summed E-state index contributed by atoms with van der Waals surface area (Å²) < 4.78 is 0. The Balaban J connectivity index is 2.52. The van der Waals surface area contributed by atoms with E-state index < -0.39 is 0 Å². The van der Waals surface area contributed by atoms with E-state index >= 15 is 0 Å². The molecule has 0 saturated carbocycles. The van der Waals surface area contributed by atoms with Gasteiger partial charge in [0, 0.05) is 5.71 Å². The van der Waals surface area contributed by atoms with Gasteiger partial charge < -0.3 is 0 Å². The smallest absolute Gasteiger partial charge is 0.0690 e. The SMILES string of the molecule is CC1=NC=C=CC2=C1C=CCC2. The molecule has 0 aromatic carbocycles. The maximum atomic E-state index is 4.25. The fourth-order valence-corrected chi connectivity index (χ4v) is 1.53. The lowest BCUT2D eigenvalue weighted by molar-refractivity contribution is 0.983. The van der Waals surface area contributed by atoms with Crippen molar-refractivity contribution in [2.75, 3.05) is 0 Å². The van der Waals surface area contributed by atoms with Gasteiger partial charge in [0.15, 0.2) is 0 Å². The van der Waals surface area contributed by atoms with Crippen LogP contribution >= 0.6 is 0 Å². The van der Waals surface area contributed by atoms with Gasteiger partial charge in [-0.05, 0) is 37.0 Å². The van der Waals surface area contributed by atoms with Crippen LogP contribution in [0.3, 0.4) is 0 Å². The van der Waals surface area contributed by atoms with Crippen LogP contribution in [0.4, 0.5) is 0 Å². The highest BCUT2D eigenvalue weighted by atomic mass is 14.7. The first-order chi connectivity index (χ1) is 5.88. The number of rotatable bonds is 0. The summed E-state index contributed by atoms with van der Waals surface area (Å²) in [6.45, 7) is 2.04. The summed E-state index contributed by atoms with van der Waals surface area (Å²) in [5, 5.41) is 0. The molecular formula is C11H11N. The number of aliphatic imine (C=N–C) groups is 1. The highest BCUT2D eigenvalue weighted by Gasteiger charge is 2.08. The zero-order valence-corrected chi connectivity index (χ0v) is 7.17. The summed E-state index contributed by atoms with van der Waals surface area (Å²) in [5.41, 5.74) is 6.80. The minimum Gasteiger partial charge on any atom is -0.253 e. The predicted molar refractivity (Wildman–Crippen MR) is 51.2 cm³/mol. The van der Waals surface area contributed by atoms with Gasteiger partial charge in [-0.15, -0.1) is 5.73 Å². The molecule has 2 aliphatic rings. The molecule has 1 nitrogen and oxygen atoms in total. The van der Waals surface area contributed by atoms with Gasteiger partial charge in [-0.3, -0.25) is 4.99 Å². The van der Waals surface area contributed by atoms with Crippen LogP contribution in [0.2, 0.25) is 0 Å². The zero-order chi connectivity index (χ0) is 8.39. The first-order valence-electron chi connectivity index (χ1n) is 4.23. The monoisotopic (exact) mass is 157 g/mol. The van der Waals surface area contributed by atoms with E-state index in [1.54, 1.807) is 6.20 Å². The van der Waals surface area contributed by atoms with Crippen molar-refractivity contribution in [2.45, 2.75) is 19.8 Å². The van der Waals surface area contributed by atoms with E-state index in [1.165, 1.54) is 11.1 Å². The van der Waals surface area contributed by atoms with Crippen molar-refractivity contribution in [3.63, 3.8) is 0 Å². The molecule has 0 fully saturated rings. The van der Waals surface area contributed by atoms with Gasteiger partial charge in [-0.2, -0.15) is 0 Å².